The maximum absolute atomic E-state index is 12.6. The van der Waals surface area contributed by atoms with Crippen LogP contribution in [0.4, 0.5) is 22.7 Å². The minimum atomic E-state index is -4.49. The van der Waals surface area contributed by atoms with E-state index in [1.807, 2.05) is 6.92 Å². The Kier molecular flexibility index (Phi) is 9.47. The molecule has 0 aliphatic carbocycles. The van der Waals surface area contributed by atoms with Crippen molar-refractivity contribution >= 4 is 43.0 Å². The Morgan fingerprint density at radius 1 is 0.684 bits per heavy atom. The van der Waals surface area contributed by atoms with Crippen molar-refractivity contribution in [1.82, 2.24) is 0 Å². The minimum absolute atomic E-state index is 0. The summed E-state index contributed by atoms with van der Waals surface area (Å²) in [5.41, 5.74) is 3.98. The predicted molar refractivity (Wildman–Crippen MR) is 138 cm³/mol. The van der Waals surface area contributed by atoms with E-state index >= 15 is 0 Å². The van der Waals surface area contributed by atoms with E-state index in [-0.39, 0.29) is 45.1 Å². The Balaban J connectivity index is 0.00000400. The molecule has 0 unspecified atom stereocenters. The van der Waals surface area contributed by atoms with Gasteiger partial charge >= 0.3 is 39.7 Å². The van der Waals surface area contributed by atoms with Crippen molar-refractivity contribution in [1.29, 1.82) is 0 Å². The van der Waals surface area contributed by atoms with Gasteiger partial charge in [-0.25, -0.2) is 8.42 Å². The van der Waals surface area contributed by atoms with Crippen molar-refractivity contribution in [3.8, 4) is 5.75 Å². The van der Waals surface area contributed by atoms with Gasteiger partial charge in [0.2, 0.25) is 0 Å². The summed E-state index contributed by atoms with van der Waals surface area (Å²) in [5.74, 6) is 0.204. The molecule has 0 aromatic heterocycles. The van der Waals surface area contributed by atoms with Crippen molar-refractivity contribution in [2.45, 2.75) is 23.6 Å². The van der Waals surface area contributed by atoms with E-state index in [4.69, 9.17) is 4.18 Å². The second kappa shape index (κ2) is 12.2. The maximum Gasteiger partial charge on any atom is 1.00 e. The zero-order chi connectivity index (χ0) is 26.6. The van der Waals surface area contributed by atoms with E-state index in [0.29, 0.717) is 22.6 Å². The van der Waals surface area contributed by atoms with Crippen molar-refractivity contribution < 1.29 is 55.1 Å². The first-order valence-corrected chi connectivity index (χ1v) is 13.8. The summed E-state index contributed by atoms with van der Waals surface area (Å²) in [6.45, 7) is 3.59. The molecule has 190 valence electrons. The number of anilines is 2. The smallest absolute Gasteiger partial charge is 0.744 e. The first kappa shape index (κ1) is 29.5. The number of nitrogens with one attached hydrogen (secondary N) is 1. The molecule has 0 heterocycles. The first-order chi connectivity index (χ1) is 17.5. The Hall–Kier alpha value is -3.06. The molecule has 1 N–H and O–H groups in total. The van der Waals surface area contributed by atoms with Crippen LogP contribution in [0.25, 0.3) is 0 Å². The Morgan fingerprint density at radius 2 is 1.18 bits per heavy atom. The molecular formula is C26H22N3NaO6S2. The molecule has 0 radical (unpaired) electrons. The summed E-state index contributed by atoms with van der Waals surface area (Å²) >= 11 is 0. The Labute approximate surface area is 243 Å². The van der Waals surface area contributed by atoms with Gasteiger partial charge in [-0.15, -0.1) is 0 Å². The third kappa shape index (κ3) is 7.73. The van der Waals surface area contributed by atoms with Crippen LogP contribution >= 0.6 is 0 Å². The second-order valence-electron chi connectivity index (χ2n) is 8.15. The standard InChI is InChI=1S/C26H23N3O6S2.Na/c1-18-3-12-25(13-4-18)37(33,34)35-26-16-11-23(17-19(26)2)29-28-22-7-5-20(6-8-22)27-21-9-14-24(15-10-21)36(30,31)32;/h3-17,27H,1-2H3,(H,30,31,32);/q;+1/p-1. The van der Waals surface area contributed by atoms with Crippen LogP contribution in [0, 0.1) is 13.8 Å². The van der Waals surface area contributed by atoms with Crippen molar-refractivity contribution in [2.75, 3.05) is 5.32 Å². The van der Waals surface area contributed by atoms with E-state index in [9.17, 15) is 21.4 Å². The summed E-state index contributed by atoms with van der Waals surface area (Å²) in [6, 6.07) is 23.7. The fourth-order valence-electron chi connectivity index (χ4n) is 3.26. The summed E-state index contributed by atoms with van der Waals surface area (Å²) in [5, 5.41) is 11.5. The quantitative estimate of drug-likeness (QED) is 0.152. The molecular weight excluding hydrogens is 537 g/mol. The molecule has 0 aliphatic rings. The molecule has 4 rings (SSSR count). The first-order valence-electron chi connectivity index (χ1n) is 11.0. The van der Waals surface area contributed by atoms with Gasteiger partial charge in [0.1, 0.15) is 20.8 Å². The molecule has 38 heavy (non-hydrogen) atoms. The summed E-state index contributed by atoms with van der Waals surface area (Å²) in [6.07, 6.45) is 0. The molecule has 0 fully saturated rings. The van der Waals surface area contributed by atoms with Crippen LogP contribution in [0.3, 0.4) is 0 Å². The van der Waals surface area contributed by atoms with Gasteiger partial charge in [0, 0.05) is 11.4 Å². The molecule has 0 bridgehead atoms. The van der Waals surface area contributed by atoms with Crippen LogP contribution in [0.1, 0.15) is 11.1 Å². The van der Waals surface area contributed by atoms with Crippen LogP contribution < -0.4 is 39.1 Å². The summed E-state index contributed by atoms with van der Waals surface area (Å²) in [4.78, 5) is -0.219. The molecule has 4 aromatic carbocycles. The molecule has 0 saturated heterocycles. The minimum Gasteiger partial charge on any atom is -0.744 e. The van der Waals surface area contributed by atoms with Gasteiger partial charge in [0.05, 0.1) is 16.3 Å². The third-order valence-electron chi connectivity index (χ3n) is 5.25. The normalized spacial score (nSPS) is 11.7. The molecule has 0 aliphatic heterocycles. The average molecular weight is 560 g/mol. The number of rotatable bonds is 8. The van der Waals surface area contributed by atoms with E-state index in [2.05, 4.69) is 15.5 Å². The van der Waals surface area contributed by atoms with E-state index in [0.717, 1.165) is 11.3 Å². The fraction of sp³-hybridized carbons (Fsp3) is 0.0769. The van der Waals surface area contributed by atoms with E-state index < -0.39 is 20.2 Å². The molecule has 9 nitrogen and oxygen atoms in total. The molecule has 0 spiro atoms. The molecule has 0 atom stereocenters. The second-order valence-corrected chi connectivity index (χ2v) is 11.1. The van der Waals surface area contributed by atoms with E-state index in [1.54, 1.807) is 55.5 Å². The zero-order valence-electron chi connectivity index (χ0n) is 20.8. The fourth-order valence-corrected chi connectivity index (χ4v) is 4.72. The average Bonchev–Trinajstić information content (AvgIpc) is 2.85. The van der Waals surface area contributed by atoms with Crippen molar-refractivity contribution in [3.63, 3.8) is 0 Å². The summed E-state index contributed by atoms with van der Waals surface area (Å²) < 4.78 is 63.5. The Bertz CT molecular complexity index is 1660. The van der Waals surface area contributed by atoms with E-state index in [1.165, 1.54) is 42.5 Å². The van der Waals surface area contributed by atoms with Crippen molar-refractivity contribution in [2.24, 2.45) is 10.2 Å². The van der Waals surface area contributed by atoms with Crippen LogP contribution in [0.15, 0.2) is 111 Å². The number of benzene rings is 4. The molecule has 0 amide bonds. The maximum atomic E-state index is 12.6. The number of azo groups is 1. The molecule has 0 saturated carbocycles. The van der Waals surface area contributed by atoms with Gasteiger partial charge in [-0.05, 0) is 98.3 Å². The third-order valence-corrected chi connectivity index (χ3v) is 7.35. The number of aryl methyl sites for hydroxylation is 2. The van der Waals surface area contributed by atoms with Gasteiger partial charge in [0.15, 0.2) is 0 Å². The summed E-state index contributed by atoms with van der Waals surface area (Å²) in [7, 11) is -8.44. The number of nitrogens with zero attached hydrogens (tertiary/aromatic N) is 2. The van der Waals surface area contributed by atoms with Crippen LogP contribution in [-0.4, -0.2) is 21.4 Å². The van der Waals surface area contributed by atoms with Crippen molar-refractivity contribution in [3.05, 3.63) is 102 Å². The van der Waals surface area contributed by atoms with Gasteiger partial charge in [-0.1, -0.05) is 17.7 Å². The molecule has 12 heteroatoms. The zero-order valence-corrected chi connectivity index (χ0v) is 24.5. The largest absolute Gasteiger partial charge is 1.00 e. The SMILES string of the molecule is Cc1ccc(S(=O)(=O)Oc2ccc(N=Nc3ccc(Nc4ccc(S(=O)(=O)[O-])cc4)cc3)cc2C)cc1.[Na+]. The number of hydrogen-bond donors (Lipinski definition) is 1. The van der Waals surface area contributed by atoms with Crippen LogP contribution in [0.5, 0.6) is 5.75 Å². The van der Waals surface area contributed by atoms with Gasteiger partial charge in [0.25, 0.3) is 0 Å². The predicted octanol–water partition coefficient (Wildman–Crippen LogP) is 3.14. The van der Waals surface area contributed by atoms with Gasteiger partial charge in [-0.2, -0.15) is 18.6 Å². The number of hydrogen-bond acceptors (Lipinski definition) is 9. The topological polar surface area (TPSA) is 137 Å². The molecule has 4 aromatic rings. The van der Waals surface area contributed by atoms with Crippen LogP contribution in [-0.2, 0) is 20.2 Å². The van der Waals surface area contributed by atoms with Crippen LogP contribution in [0.2, 0.25) is 0 Å². The van der Waals surface area contributed by atoms with Gasteiger partial charge in [-0.3, -0.25) is 0 Å². The monoisotopic (exact) mass is 559 g/mol. The Morgan fingerprint density at radius 3 is 1.74 bits per heavy atom. The van der Waals surface area contributed by atoms with Gasteiger partial charge < -0.3 is 14.1 Å².